The van der Waals surface area contributed by atoms with Crippen LogP contribution >= 0.6 is 0 Å². The van der Waals surface area contributed by atoms with Crippen molar-refractivity contribution in [1.82, 2.24) is 0 Å². The third kappa shape index (κ3) is 1.70. The first-order chi connectivity index (χ1) is 6.35. The van der Waals surface area contributed by atoms with E-state index in [4.69, 9.17) is 5.26 Å². The smallest absolute Gasteiger partial charge is 0.0963 e. The van der Waals surface area contributed by atoms with Crippen molar-refractivity contribution in [3.8, 4) is 17.9 Å². The van der Waals surface area contributed by atoms with Gasteiger partial charge in [0.1, 0.15) is 0 Å². The summed E-state index contributed by atoms with van der Waals surface area (Å²) in [4.78, 5) is 0. The van der Waals surface area contributed by atoms with Gasteiger partial charge < -0.3 is 0 Å². The monoisotopic (exact) mass is 173 g/mol. The Morgan fingerprint density at radius 1 is 1.15 bits per heavy atom. The zero-order valence-electron chi connectivity index (χ0n) is 7.97. The van der Waals surface area contributed by atoms with Crippen LogP contribution < -0.4 is 0 Å². The Balaban J connectivity index is 2.04. The lowest BCUT2D eigenvalue weighted by Gasteiger charge is -2.43. The normalized spacial score (nSPS) is 36.1. The second kappa shape index (κ2) is 3.43. The number of rotatable bonds is 0. The quantitative estimate of drug-likeness (QED) is 0.517. The van der Waals surface area contributed by atoms with E-state index in [1.54, 1.807) is 0 Å². The topological polar surface area (TPSA) is 23.8 Å². The number of hydrogen-bond donors (Lipinski definition) is 0. The van der Waals surface area contributed by atoms with Gasteiger partial charge in [-0.05, 0) is 44.4 Å². The molecule has 3 aliphatic rings. The van der Waals surface area contributed by atoms with Crippen LogP contribution in [0.5, 0.6) is 0 Å². The molecule has 3 aliphatic carbocycles. The minimum Gasteiger partial charge on any atom is -0.197 e. The molecule has 0 spiro atoms. The second-order valence-corrected chi connectivity index (χ2v) is 4.40. The van der Waals surface area contributed by atoms with Crippen LogP contribution in [0.3, 0.4) is 0 Å². The number of fused-ring (bicyclic) bond motifs is 3. The summed E-state index contributed by atoms with van der Waals surface area (Å²) in [6.07, 6.45) is 8.40. The number of nitrogens with zero attached hydrogens (tertiary/aromatic N) is 1. The minimum atomic E-state index is 0.325. The molecule has 0 aliphatic heterocycles. The first-order valence-electron chi connectivity index (χ1n) is 5.22. The summed E-state index contributed by atoms with van der Waals surface area (Å²) < 4.78 is 0. The standard InChI is InChI=1S/C12H15N/c13-10-2-1-6-12-7-3-11(4-8-12)5-9-12/h11H,2-5,7-9H2. The molecule has 0 heterocycles. The molecule has 0 atom stereocenters. The van der Waals surface area contributed by atoms with Gasteiger partial charge in [-0.2, -0.15) is 5.26 Å². The Hall–Kier alpha value is -0.950. The SMILES string of the molecule is N#CCC#CC12CCC(CC1)CC2. The van der Waals surface area contributed by atoms with Gasteiger partial charge in [-0.25, -0.2) is 0 Å². The summed E-state index contributed by atoms with van der Waals surface area (Å²) >= 11 is 0. The lowest BCUT2D eigenvalue weighted by molar-refractivity contribution is 0.119. The molecule has 3 rings (SSSR count). The Bertz CT molecular complexity index is 265. The number of hydrogen-bond acceptors (Lipinski definition) is 1. The summed E-state index contributed by atoms with van der Waals surface area (Å²) in [5.41, 5.74) is 0.325. The maximum absolute atomic E-state index is 8.41. The van der Waals surface area contributed by atoms with Crippen molar-refractivity contribution in [3.05, 3.63) is 0 Å². The van der Waals surface area contributed by atoms with Crippen LogP contribution in [-0.4, -0.2) is 0 Å². The fraction of sp³-hybridized carbons (Fsp3) is 0.750. The third-order valence-corrected chi connectivity index (χ3v) is 3.61. The highest BCUT2D eigenvalue weighted by atomic mass is 14.4. The van der Waals surface area contributed by atoms with Crippen LogP contribution in [0.4, 0.5) is 0 Å². The van der Waals surface area contributed by atoms with Gasteiger partial charge in [0.15, 0.2) is 0 Å². The summed E-state index contributed by atoms with van der Waals surface area (Å²) in [5, 5.41) is 8.41. The largest absolute Gasteiger partial charge is 0.197 e. The van der Waals surface area contributed by atoms with Crippen molar-refractivity contribution in [2.45, 2.75) is 44.9 Å². The summed E-state index contributed by atoms with van der Waals surface area (Å²) in [6.45, 7) is 0. The Morgan fingerprint density at radius 3 is 2.31 bits per heavy atom. The Morgan fingerprint density at radius 2 is 1.77 bits per heavy atom. The van der Waals surface area contributed by atoms with Gasteiger partial charge >= 0.3 is 0 Å². The van der Waals surface area contributed by atoms with Gasteiger partial charge in [-0.1, -0.05) is 11.8 Å². The van der Waals surface area contributed by atoms with E-state index in [-0.39, 0.29) is 0 Å². The van der Waals surface area contributed by atoms with Gasteiger partial charge in [0, 0.05) is 5.41 Å². The highest BCUT2D eigenvalue weighted by molar-refractivity contribution is 5.17. The van der Waals surface area contributed by atoms with Crippen molar-refractivity contribution < 1.29 is 0 Å². The minimum absolute atomic E-state index is 0.325. The first kappa shape index (κ1) is 8.64. The van der Waals surface area contributed by atoms with E-state index in [1.807, 2.05) is 0 Å². The maximum Gasteiger partial charge on any atom is 0.0963 e. The van der Waals surface area contributed by atoms with Gasteiger partial charge in [-0.15, -0.1) is 0 Å². The van der Waals surface area contributed by atoms with E-state index in [0.717, 1.165) is 5.92 Å². The fourth-order valence-corrected chi connectivity index (χ4v) is 2.71. The maximum atomic E-state index is 8.41. The molecule has 13 heavy (non-hydrogen) atoms. The molecule has 1 heteroatoms. The molecule has 68 valence electrons. The second-order valence-electron chi connectivity index (χ2n) is 4.40. The highest BCUT2D eigenvalue weighted by Crippen LogP contribution is 2.49. The molecule has 3 saturated carbocycles. The van der Waals surface area contributed by atoms with Gasteiger partial charge in [0.05, 0.1) is 12.5 Å². The van der Waals surface area contributed by atoms with E-state index in [0.29, 0.717) is 11.8 Å². The van der Waals surface area contributed by atoms with Crippen LogP contribution in [0.1, 0.15) is 44.9 Å². The molecule has 0 radical (unpaired) electrons. The molecule has 0 N–H and O–H groups in total. The molecule has 0 aromatic rings. The predicted octanol–water partition coefficient (Wildman–Crippen LogP) is 2.87. The van der Waals surface area contributed by atoms with Gasteiger partial charge in [0.25, 0.3) is 0 Å². The summed E-state index contributed by atoms with van der Waals surface area (Å²) in [6, 6.07) is 2.09. The average molecular weight is 173 g/mol. The predicted molar refractivity (Wildman–Crippen MR) is 51.6 cm³/mol. The van der Waals surface area contributed by atoms with Crippen molar-refractivity contribution in [3.63, 3.8) is 0 Å². The molecule has 0 saturated heterocycles. The van der Waals surface area contributed by atoms with E-state index in [2.05, 4.69) is 17.9 Å². The van der Waals surface area contributed by atoms with Crippen molar-refractivity contribution in [1.29, 1.82) is 5.26 Å². The Labute approximate surface area is 80.1 Å². The zero-order valence-corrected chi connectivity index (χ0v) is 7.97. The van der Waals surface area contributed by atoms with Crippen LogP contribution in [0.15, 0.2) is 0 Å². The lowest BCUT2D eigenvalue weighted by Crippen LogP contribution is -2.32. The Kier molecular flexibility index (Phi) is 2.28. The molecule has 0 amide bonds. The van der Waals surface area contributed by atoms with E-state index >= 15 is 0 Å². The van der Waals surface area contributed by atoms with E-state index in [1.165, 1.54) is 38.5 Å². The summed E-state index contributed by atoms with van der Waals surface area (Å²) in [7, 11) is 0. The highest BCUT2D eigenvalue weighted by Gasteiger charge is 2.38. The summed E-state index contributed by atoms with van der Waals surface area (Å²) in [5.74, 6) is 7.36. The van der Waals surface area contributed by atoms with Crippen LogP contribution in [0.2, 0.25) is 0 Å². The third-order valence-electron chi connectivity index (χ3n) is 3.61. The lowest BCUT2D eigenvalue weighted by atomic mass is 9.61. The number of nitriles is 1. The van der Waals surface area contributed by atoms with E-state index in [9.17, 15) is 0 Å². The molecule has 2 bridgehead atoms. The van der Waals surface area contributed by atoms with Crippen LogP contribution in [0.25, 0.3) is 0 Å². The molecule has 0 aromatic carbocycles. The van der Waals surface area contributed by atoms with Crippen molar-refractivity contribution >= 4 is 0 Å². The molecule has 0 aromatic heterocycles. The first-order valence-corrected chi connectivity index (χ1v) is 5.22. The molecular formula is C12H15N. The van der Waals surface area contributed by atoms with E-state index < -0.39 is 0 Å². The van der Waals surface area contributed by atoms with Crippen molar-refractivity contribution in [2.24, 2.45) is 11.3 Å². The zero-order chi connectivity index (χ0) is 9.15. The van der Waals surface area contributed by atoms with Crippen LogP contribution in [0, 0.1) is 34.5 Å². The van der Waals surface area contributed by atoms with Gasteiger partial charge in [-0.3, -0.25) is 0 Å². The molecule has 3 fully saturated rings. The molecule has 1 nitrogen and oxygen atoms in total. The molecule has 0 unspecified atom stereocenters. The van der Waals surface area contributed by atoms with Crippen LogP contribution in [-0.2, 0) is 0 Å². The van der Waals surface area contributed by atoms with Crippen molar-refractivity contribution in [2.75, 3.05) is 0 Å². The fourth-order valence-electron chi connectivity index (χ4n) is 2.71. The average Bonchev–Trinajstić information content (AvgIpc) is 2.21. The van der Waals surface area contributed by atoms with Gasteiger partial charge in [0.2, 0.25) is 0 Å². The molecular weight excluding hydrogens is 158 g/mol.